The SMILES string of the molecule is O=c1[nH]cnc(NC2CCCNC2)c1Cl. The maximum Gasteiger partial charge on any atom is 0.271 e. The molecule has 1 aliphatic heterocycles. The van der Waals surface area contributed by atoms with Crippen LogP contribution in [0.25, 0.3) is 0 Å². The van der Waals surface area contributed by atoms with Crippen LogP contribution >= 0.6 is 11.6 Å². The number of halogens is 1. The summed E-state index contributed by atoms with van der Waals surface area (Å²) in [5.74, 6) is 0.467. The predicted molar refractivity (Wildman–Crippen MR) is 59.4 cm³/mol. The lowest BCUT2D eigenvalue weighted by Gasteiger charge is -2.24. The molecule has 1 aromatic heterocycles. The van der Waals surface area contributed by atoms with Crippen molar-refractivity contribution in [1.29, 1.82) is 0 Å². The molecule has 0 aliphatic carbocycles. The molecule has 0 saturated carbocycles. The molecule has 6 heteroatoms. The predicted octanol–water partition coefficient (Wildman–Crippen LogP) is 0.587. The molecule has 0 amide bonds. The summed E-state index contributed by atoms with van der Waals surface area (Å²) in [6, 6.07) is 0.297. The Kier molecular flexibility index (Phi) is 3.23. The van der Waals surface area contributed by atoms with Crippen molar-refractivity contribution < 1.29 is 0 Å². The van der Waals surface area contributed by atoms with Crippen molar-refractivity contribution in [3.05, 3.63) is 21.7 Å². The molecule has 2 rings (SSSR count). The van der Waals surface area contributed by atoms with Gasteiger partial charge in [0.15, 0.2) is 5.82 Å². The van der Waals surface area contributed by atoms with Crippen molar-refractivity contribution in [1.82, 2.24) is 15.3 Å². The molecule has 15 heavy (non-hydrogen) atoms. The van der Waals surface area contributed by atoms with Gasteiger partial charge in [-0.15, -0.1) is 0 Å². The molecule has 0 spiro atoms. The largest absolute Gasteiger partial charge is 0.365 e. The summed E-state index contributed by atoms with van der Waals surface area (Å²) in [4.78, 5) is 17.6. The first-order valence-corrected chi connectivity index (χ1v) is 5.35. The molecule has 1 unspecified atom stereocenters. The Morgan fingerprint density at radius 1 is 1.60 bits per heavy atom. The van der Waals surface area contributed by atoms with Gasteiger partial charge in [-0.1, -0.05) is 11.6 Å². The first-order chi connectivity index (χ1) is 7.27. The quantitative estimate of drug-likeness (QED) is 0.693. The van der Waals surface area contributed by atoms with E-state index in [9.17, 15) is 4.79 Å². The second kappa shape index (κ2) is 4.63. The molecule has 1 aliphatic rings. The van der Waals surface area contributed by atoms with Crippen LogP contribution in [0.1, 0.15) is 12.8 Å². The van der Waals surface area contributed by atoms with E-state index in [1.54, 1.807) is 0 Å². The average molecular weight is 229 g/mol. The molecule has 5 nitrogen and oxygen atoms in total. The van der Waals surface area contributed by atoms with Crippen LogP contribution < -0.4 is 16.2 Å². The molecule has 1 saturated heterocycles. The van der Waals surface area contributed by atoms with Crippen LogP contribution in [-0.4, -0.2) is 29.1 Å². The summed E-state index contributed by atoms with van der Waals surface area (Å²) < 4.78 is 0. The molecule has 0 aromatic carbocycles. The summed E-state index contributed by atoms with van der Waals surface area (Å²) in [6.07, 6.45) is 3.54. The number of aromatic amines is 1. The van der Waals surface area contributed by atoms with Crippen molar-refractivity contribution in [2.24, 2.45) is 0 Å². The van der Waals surface area contributed by atoms with E-state index >= 15 is 0 Å². The van der Waals surface area contributed by atoms with E-state index in [0.717, 1.165) is 25.9 Å². The van der Waals surface area contributed by atoms with E-state index in [4.69, 9.17) is 11.6 Å². The molecule has 0 bridgehead atoms. The van der Waals surface area contributed by atoms with E-state index in [0.29, 0.717) is 11.9 Å². The van der Waals surface area contributed by atoms with Gasteiger partial charge in [0.05, 0.1) is 6.33 Å². The maximum atomic E-state index is 11.2. The van der Waals surface area contributed by atoms with Crippen molar-refractivity contribution in [2.45, 2.75) is 18.9 Å². The second-order valence-corrected chi connectivity index (χ2v) is 3.96. The second-order valence-electron chi connectivity index (χ2n) is 3.58. The van der Waals surface area contributed by atoms with Gasteiger partial charge in [0.25, 0.3) is 5.56 Å². The lowest BCUT2D eigenvalue weighted by molar-refractivity contribution is 0.479. The summed E-state index contributed by atoms with van der Waals surface area (Å²) >= 11 is 5.82. The van der Waals surface area contributed by atoms with Crippen LogP contribution in [0.4, 0.5) is 5.82 Å². The fraction of sp³-hybridized carbons (Fsp3) is 0.556. The molecular weight excluding hydrogens is 216 g/mol. The summed E-state index contributed by atoms with van der Waals surface area (Å²) in [5, 5.41) is 6.56. The van der Waals surface area contributed by atoms with E-state index in [1.165, 1.54) is 6.33 Å². The highest BCUT2D eigenvalue weighted by atomic mass is 35.5. The fourth-order valence-electron chi connectivity index (χ4n) is 1.65. The highest BCUT2D eigenvalue weighted by Gasteiger charge is 2.15. The summed E-state index contributed by atoms with van der Waals surface area (Å²) in [6.45, 7) is 1.93. The van der Waals surface area contributed by atoms with Crippen LogP contribution in [0, 0.1) is 0 Å². The van der Waals surface area contributed by atoms with Gasteiger partial charge in [0.2, 0.25) is 0 Å². The van der Waals surface area contributed by atoms with Gasteiger partial charge >= 0.3 is 0 Å². The zero-order valence-corrected chi connectivity index (χ0v) is 8.97. The third-order valence-corrected chi connectivity index (χ3v) is 2.78. The lowest BCUT2D eigenvalue weighted by Crippen LogP contribution is -2.38. The number of nitrogens with zero attached hydrogens (tertiary/aromatic N) is 1. The fourth-order valence-corrected chi connectivity index (χ4v) is 1.81. The van der Waals surface area contributed by atoms with Gasteiger partial charge in [-0.05, 0) is 19.4 Å². The van der Waals surface area contributed by atoms with Gasteiger partial charge in [0, 0.05) is 12.6 Å². The molecule has 82 valence electrons. The van der Waals surface area contributed by atoms with Gasteiger partial charge in [-0.3, -0.25) is 4.79 Å². The smallest absolute Gasteiger partial charge is 0.271 e. The Labute approximate surface area is 92.3 Å². The normalized spacial score (nSPS) is 21.3. The number of anilines is 1. The van der Waals surface area contributed by atoms with E-state index < -0.39 is 0 Å². The van der Waals surface area contributed by atoms with Crippen LogP contribution in [0.3, 0.4) is 0 Å². The minimum absolute atomic E-state index is 0.128. The monoisotopic (exact) mass is 228 g/mol. The molecule has 3 N–H and O–H groups in total. The standard InChI is InChI=1S/C9H13ClN4O/c10-7-8(12-5-13-9(7)15)14-6-2-1-3-11-4-6/h5-6,11H,1-4H2,(H2,12,13,14,15). The zero-order chi connectivity index (χ0) is 10.7. The molecule has 1 fully saturated rings. The highest BCUT2D eigenvalue weighted by Crippen LogP contribution is 2.15. The van der Waals surface area contributed by atoms with Gasteiger partial charge in [-0.25, -0.2) is 4.98 Å². The van der Waals surface area contributed by atoms with Crippen LogP contribution in [0.5, 0.6) is 0 Å². The van der Waals surface area contributed by atoms with E-state index in [2.05, 4.69) is 20.6 Å². The third-order valence-electron chi connectivity index (χ3n) is 2.43. The molecular formula is C9H13ClN4O. The molecule has 1 atom stereocenters. The number of rotatable bonds is 2. The first kappa shape index (κ1) is 10.4. The number of hydrogen-bond acceptors (Lipinski definition) is 4. The number of H-pyrrole nitrogens is 1. The zero-order valence-electron chi connectivity index (χ0n) is 8.22. The van der Waals surface area contributed by atoms with Gasteiger partial charge in [0.1, 0.15) is 5.02 Å². The number of aromatic nitrogens is 2. The minimum atomic E-state index is -0.307. The van der Waals surface area contributed by atoms with Crippen LogP contribution in [0.2, 0.25) is 5.02 Å². The van der Waals surface area contributed by atoms with Crippen molar-refractivity contribution >= 4 is 17.4 Å². The van der Waals surface area contributed by atoms with Crippen LogP contribution in [0.15, 0.2) is 11.1 Å². The van der Waals surface area contributed by atoms with E-state index in [-0.39, 0.29) is 10.6 Å². The van der Waals surface area contributed by atoms with Gasteiger partial charge < -0.3 is 15.6 Å². The first-order valence-electron chi connectivity index (χ1n) is 4.98. The van der Waals surface area contributed by atoms with Crippen LogP contribution in [-0.2, 0) is 0 Å². The molecule has 0 radical (unpaired) electrons. The molecule has 1 aromatic rings. The third kappa shape index (κ3) is 2.49. The Balaban J connectivity index is 2.09. The summed E-state index contributed by atoms with van der Waals surface area (Å²) in [5.41, 5.74) is -0.307. The highest BCUT2D eigenvalue weighted by molar-refractivity contribution is 6.32. The topological polar surface area (TPSA) is 69.8 Å². The number of piperidine rings is 1. The Hall–Kier alpha value is -1.07. The van der Waals surface area contributed by atoms with Gasteiger partial charge in [-0.2, -0.15) is 0 Å². The number of hydrogen-bond donors (Lipinski definition) is 3. The molecule has 2 heterocycles. The summed E-state index contributed by atoms with van der Waals surface area (Å²) in [7, 11) is 0. The lowest BCUT2D eigenvalue weighted by atomic mass is 10.1. The number of nitrogens with one attached hydrogen (secondary N) is 3. The van der Waals surface area contributed by atoms with Crippen molar-refractivity contribution in [2.75, 3.05) is 18.4 Å². The Bertz CT molecular complexity index is 386. The average Bonchev–Trinajstić information content (AvgIpc) is 2.26. The Morgan fingerprint density at radius 2 is 2.47 bits per heavy atom. The van der Waals surface area contributed by atoms with Crippen molar-refractivity contribution in [3.63, 3.8) is 0 Å². The Morgan fingerprint density at radius 3 is 3.20 bits per heavy atom. The minimum Gasteiger partial charge on any atom is -0.365 e. The van der Waals surface area contributed by atoms with Crippen molar-refractivity contribution in [3.8, 4) is 0 Å². The van der Waals surface area contributed by atoms with E-state index in [1.807, 2.05) is 0 Å². The maximum absolute atomic E-state index is 11.2.